The summed E-state index contributed by atoms with van der Waals surface area (Å²) in [7, 11) is 0. The second-order valence-corrected chi connectivity index (χ2v) is 7.63. The molecule has 1 saturated heterocycles. The van der Waals surface area contributed by atoms with Gasteiger partial charge in [-0.1, -0.05) is 48.9 Å². The van der Waals surface area contributed by atoms with Crippen LogP contribution >= 0.6 is 11.6 Å². The molecular formula is C22H28ClN3O. The van der Waals surface area contributed by atoms with Gasteiger partial charge >= 0.3 is 6.03 Å². The van der Waals surface area contributed by atoms with E-state index >= 15 is 0 Å². The number of hydrogen-bond donors (Lipinski definition) is 2. The maximum atomic E-state index is 12.2. The Morgan fingerprint density at radius 3 is 2.67 bits per heavy atom. The molecule has 2 aromatic carbocycles. The van der Waals surface area contributed by atoms with Gasteiger partial charge in [0.2, 0.25) is 0 Å². The third kappa shape index (κ3) is 5.98. The van der Waals surface area contributed by atoms with Gasteiger partial charge in [0.05, 0.1) is 0 Å². The highest BCUT2D eigenvalue weighted by Crippen LogP contribution is 2.20. The van der Waals surface area contributed by atoms with Gasteiger partial charge in [0.15, 0.2) is 0 Å². The molecule has 0 bridgehead atoms. The maximum absolute atomic E-state index is 12.2. The number of benzene rings is 2. The topological polar surface area (TPSA) is 44.4 Å². The summed E-state index contributed by atoms with van der Waals surface area (Å²) in [4.78, 5) is 14.7. The summed E-state index contributed by atoms with van der Waals surface area (Å²) in [5, 5.41) is 6.81. The summed E-state index contributed by atoms with van der Waals surface area (Å²) >= 11 is 6.07. The molecule has 4 nitrogen and oxygen atoms in total. The van der Waals surface area contributed by atoms with E-state index in [0.29, 0.717) is 5.92 Å². The first-order valence-corrected chi connectivity index (χ1v) is 10.1. The van der Waals surface area contributed by atoms with Crippen LogP contribution < -0.4 is 10.6 Å². The molecule has 0 saturated carbocycles. The van der Waals surface area contributed by atoms with E-state index in [1.54, 1.807) is 0 Å². The molecular weight excluding hydrogens is 358 g/mol. The van der Waals surface area contributed by atoms with Crippen molar-refractivity contribution in [1.82, 2.24) is 10.2 Å². The molecule has 3 rings (SSSR count). The molecule has 1 aliphatic rings. The van der Waals surface area contributed by atoms with E-state index in [1.807, 2.05) is 42.5 Å². The van der Waals surface area contributed by atoms with Crippen molar-refractivity contribution < 1.29 is 4.79 Å². The third-order valence-electron chi connectivity index (χ3n) is 5.20. The Hall–Kier alpha value is -2.04. The first-order chi connectivity index (χ1) is 13.1. The van der Waals surface area contributed by atoms with Crippen molar-refractivity contribution >= 4 is 23.3 Å². The van der Waals surface area contributed by atoms with Crippen molar-refractivity contribution in [2.45, 2.75) is 32.7 Å². The van der Waals surface area contributed by atoms with Crippen LogP contribution in [0.15, 0.2) is 48.5 Å². The van der Waals surface area contributed by atoms with E-state index in [4.69, 9.17) is 11.6 Å². The predicted molar refractivity (Wildman–Crippen MR) is 112 cm³/mol. The van der Waals surface area contributed by atoms with Crippen molar-refractivity contribution in [1.29, 1.82) is 0 Å². The average Bonchev–Trinajstić information content (AvgIpc) is 2.68. The lowest BCUT2D eigenvalue weighted by atomic mass is 9.96. The highest BCUT2D eigenvalue weighted by molar-refractivity contribution is 6.30. The van der Waals surface area contributed by atoms with E-state index in [9.17, 15) is 4.79 Å². The van der Waals surface area contributed by atoms with Crippen molar-refractivity contribution in [2.75, 3.05) is 25.0 Å². The fourth-order valence-corrected chi connectivity index (χ4v) is 3.81. The lowest BCUT2D eigenvalue weighted by Crippen LogP contribution is -2.39. The average molecular weight is 386 g/mol. The molecule has 0 aromatic heterocycles. The Balaban J connectivity index is 1.39. The molecule has 2 N–H and O–H groups in total. The van der Waals surface area contributed by atoms with Gasteiger partial charge in [-0.3, -0.25) is 4.90 Å². The molecule has 0 aliphatic carbocycles. The number of carbonyl (C=O) groups excluding carboxylic acids is 1. The van der Waals surface area contributed by atoms with Crippen LogP contribution in [0.25, 0.3) is 0 Å². The molecule has 2 amide bonds. The van der Waals surface area contributed by atoms with Gasteiger partial charge < -0.3 is 10.6 Å². The van der Waals surface area contributed by atoms with Gasteiger partial charge in [0, 0.05) is 23.8 Å². The van der Waals surface area contributed by atoms with Crippen molar-refractivity contribution in [3.63, 3.8) is 0 Å². The molecule has 1 heterocycles. The first-order valence-electron chi connectivity index (χ1n) is 9.73. The lowest BCUT2D eigenvalue weighted by molar-refractivity contribution is 0.176. The number of para-hydroxylation sites is 1. The first kappa shape index (κ1) is 19.7. The summed E-state index contributed by atoms with van der Waals surface area (Å²) in [5.41, 5.74) is 3.31. The highest BCUT2D eigenvalue weighted by Gasteiger charge is 2.20. The molecule has 1 aliphatic heterocycles. The van der Waals surface area contributed by atoms with Gasteiger partial charge in [-0.25, -0.2) is 4.79 Å². The molecule has 0 unspecified atom stereocenters. The van der Waals surface area contributed by atoms with Crippen LogP contribution in [0.4, 0.5) is 10.5 Å². The predicted octanol–water partition coefficient (Wildman–Crippen LogP) is 4.94. The van der Waals surface area contributed by atoms with Crippen LogP contribution in [0.1, 0.15) is 30.9 Å². The Kier molecular flexibility index (Phi) is 7.13. The number of aryl methyl sites for hydroxylation is 1. The number of anilines is 1. The number of rotatable bonds is 6. The number of amides is 2. The maximum Gasteiger partial charge on any atom is 0.319 e. The Labute approximate surface area is 166 Å². The number of hydrogen-bond acceptors (Lipinski definition) is 2. The zero-order chi connectivity index (χ0) is 19.1. The summed E-state index contributed by atoms with van der Waals surface area (Å²) < 4.78 is 0. The van der Waals surface area contributed by atoms with Crippen molar-refractivity contribution in [3.05, 3.63) is 64.7 Å². The van der Waals surface area contributed by atoms with Gasteiger partial charge in [0.1, 0.15) is 0 Å². The molecule has 0 atom stereocenters. The molecule has 27 heavy (non-hydrogen) atoms. The second kappa shape index (κ2) is 9.77. The molecule has 0 radical (unpaired) electrons. The van der Waals surface area contributed by atoms with E-state index in [-0.39, 0.29) is 6.03 Å². The van der Waals surface area contributed by atoms with Crippen molar-refractivity contribution in [2.24, 2.45) is 5.92 Å². The standard InChI is InChI=1S/C22H28ClN3O/c1-2-19-7-3-4-9-21(19)25-22(27)24-15-17-10-12-26(13-11-17)16-18-6-5-8-20(23)14-18/h3-9,14,17H,2,10-13,15-16H2,1H3,(H2,24,25,27). The summed E-state index contributed by atoms with van der Waals surface area (Å²) in [5.74, 6) is 0.535. The smallest absolute Gasteiger partial charge is 0.319 e. The van der Waals surface area contributed by atoms with Gasteiger partial charge in [-0.15, -0.1) is 0 Å². The fourth-order valence-electron chi connectivity index (χ4n) is 3.60. The highest BCUT2D eigenvalue weighted by atomic mass is 35.5. The zero-order valence-electron chi connectivity index (χ0n) is 15.9. The Bertz CT molecular complexity index is 757. The number of urea groups is 1. The fraction of sp³-hybridized carbons (Fsp3) is 0.409. The quantitative estimate of drug-likeness (QED) is 0.739. The third-order valence-corrected chi connectivity index (χ3v) is 5.44. The molecule has 1 fully saturated rings. The Morgan fingerprint density at radius 1 is 1.15 bits per heavy atom. The van der Waals surface area contributed by atoms with Crippen molar-refractivity contribution in [3.8, 4) is 0 Å². The van der Waals surface area contributed by atoms with Crippen LogP contribution in [0, 0.1) is 5.92 Å². The second-order valence-electron chi connectivity index (χ2n) is 7.20. The Morgan fingerprint density at radius 2 is 1.93 bits per heavy atom. The van der Waals surface area contributed by atoms with Crippen LogP contribution in [-0.2, 0) is 13.0 Å². The largest absolute Gasteiger partial charge is 0.338 e. The SMILES string of the molecule is CCc1ccccc1NC(=O)NCC1CCN(Cc2cccc(Cl)c2)CC1. The van der Waals surface area contributed by atoms with Crippen LogP contribution in [0.3, 0.4) is 0 Å². The van der Waals surface area contributed by atoms with Gasteiger partial charge in [-0.05, 0) is 67.6 Å². The van der Waals surface area contributed by atoms with E-state index in [0.717, 1.165) is 61.7 Å². The van der Waals surface area contributed by atoms with E-state index in [1.165, 1.54) is 5.56 Å². The minimum Gasteiger partial charge on any atom is -0.338 e. The number of likely N-dealkylation sites (tertiary alicyclic amines) is 1. The molecule has 0 spiro atoms. The molecule has 2 aromatic rings. The van der Waals surface area contributed by atoms with Crippen LogP contribution in [0.2, 0.25) is 5.02 Å². The monoisotopic (exact) mass is 385 g/mol. The summed E-state index contributed by atoms with van der Waals surface area (Å²) in [6.07, 6.45) is 3.11. The zero-order valence-corrected chi connectivity index (χ0v) is 16.6. The number of nitrogens with zero attached hydrogens (tertiary/aromatic N) is 1. The van der Waals surface area contributed by atoms with E-state index < -0.39 is 0 Å². The van der Waals surface area contributed by atoms with Gasteiger partial charge in [0.25, 0.3) is 0 Å². The van der Waals surface area contributed by atoms with Crippen LogP contribution in [-0.4, -0.2) is 30.6 Å². The van der Waals surface area contributed by atoms with E-state index in [2.05, 4.69) is 28.5 Å². The number of piperidine rings is 1. The summed E-state index contributed by atoms with van der Waals surface area (Å²) in [6, 6.07) is 15.9. The molecule has 5 heteroatoms. The lowest BCUT2D eigenvalue weighted by Gasteiger charge is -2.32. The number of carbonyl (C=O) groups is 1. The number of halogens is 1. The van der Waals surface area contributed by atoms with Gasteiger partial charge in [-0.2, -0.15) is 0 Å². The molecule has 144 valence electrons. The number of nitrogens with one attached hydrogen (secondary N) is 2. The normalized spacial score (nSPS) is 15.5. The minimum absolute atomic E-state index is 0.114. The summed E-state index contributed by atoms with van der Waals surface area (Å²) in [6.45, 7) is 5.87. The van der Waals surface area contributed by atoms with Crippen LogP contribution in [0.5, 0.6) is 0 Å². The minimum atomic E-state index is -0.114.